The summed E-state index contributed by atoms with van der Waals surface area (Å²) < 4.78 is 5.79. The molecule has 0 amide bonds. The van der Waals surface area contributed by atoms with E-state index in [2.05, 4.69) is 47.1 Å². The maximum Gasteiger partial charge on any atom is 0.120 e. The van der Waals surface area contributed by atoms with Crippen molar-refractivity contribution in [3.8, 4) is 5.75 Å². The molecule has 0 saturated carbocycles. The Morgan fingerprint density at radius 2 is 1.88 bits per heavy atom. The molecule has 0 aliphatic rings. The van der Waals surface area contributed by atoms with E-state index >= 15 is 0 Å². The van der Waals surface area contributed by atoms with E-state index in [9.17, 15) is 0 Å². The van der Waals surface area contributed by atoms with E-state index in [4.69, 9.17) is 4.74 Å². The van der Waals surface area contributed by atoms with Crippen LogP contribution in [0.4, 0.5) is 0 Å². The molecule has 0 bridgehead atoms. The van der Waals surface area contributed by atoms with Gasteiger partial charge in [0, 0.05) is 5.33 Å². The molecule has 0 saturated heterocycles. The highest BCUT2D eigenvalue weighted by molar-refractivity contribution is 9.08. The van der Waals surface area contributed by atoms with Gasteiger partial charge in [0.1, 0.15) is 12.4 Å². The number of benzene rings is 2. The molecular formula is C15H15BrO. The van der Waals surface area contributed by atoms with Gasteiger partial charge in [0.15, 0.2) is 0 Å². The Morgan fingerprint density at radius 1 is 1.06 bits per heavy atom. The normalized spacial score (nSPS) is 10.2. The Bertz CT molecular complexity index is 494. The highest BCUT2D eigenvalue weighted by Crippen LogP contribution is 2.17. The van der Waals surface area contributed by atoms with Crippen LogP contribution in [0.1, 0.15) is 16.7 Å². The van der Waals surface area contributed by atoms with E-state index in [1.807, 2.05) is 24.3 Å². The number of rotatable bonds is 4. The Kier molecular flexibility index (Phi) is 4.21. The van der Waals surface area contributed by atoms with Gasteiger partial charge in [-0.2, -0.15) is 0 Å². The predicted molar refractivity (Wildman–Crippen MR) is 74.6 cm³/mol. The van der Waals surface area contributed by atoms with Gasteiger partial charge in [-0.1, -0.05) is 52.3 Å². The number of hydrogen-bond donors (Lipinski definition) is 0. The fourth-order valence-electron chi connectivity index (χ4n) is 1.65. The molecule has 17 heavy (non-hydrogen) atoms. The zero-order valence-corrected chi connectivity index (χ0v) is 11.4. The van der Waals surface area contributed by atoms with Crippen LogP contribution in [0.2, 0.25) is 0 Å². The Labute approximate surface area is 111 Å². The minimum absolute atomic E-state index is 0.623. The van der Waals surface area contributed by atoms with E-state index in [-0.39, 0.29) is 0 Å². The van der Waals surface area contributed by atoms with Crippen molar-refractivity contribution < 1.29 is 4.74 Å². The summed E-state index contributed by atoms with van der Waals surface area (Å²) in [6.07, 6.45) is 0. The molecule has 0 atom stereocenters. The molecular weight excluding hydrogens is 276 g/mol. The largest absolute Gasteiger partial charge is 0.489 e. The number of alkyl halides is 1. The smallest absolute Gasteiger partial charge is 0.120 e. The van der Waals surface area contributed by atoms with Gasteiger partial charge >= 0.3 is 0 Å². The van der Waals surface area contributed by atoms with Crippen LogP contribution in [0.25, 0.3) is 0 Å². The highest BCUT2D eigenvalue weighted by Gasteiger charge is 1.99. The van der Waals surface area contributed by atoms with E-state index in [0.717, 1.165) is 11.1 Å². The van der Waals surface area contributed by atoms with E-state index in [1.54, 1.807) is 0 Å². The molecule has 0 heterocycles. The third-order valence-corrected chi connectivity index (χ3v) is 3.36. The lowest BCUT2D eigenvalue weighted by atomic mass is 10.1. The van der Waals surface area contributed by atoms with Crippen LogP contribution in [-0.4, -0.2) is 0 Å². The second-order valence-electron chi connectivity index (χ2n) is 4.00. The van der Waals surface area contributed by atoms with Gasteiger partial charge in [-0.25, -0.2) is 0 Å². The van der Waals surface area contributed by atoms with Gasteiger partial charge in [0.25, 0.3) is 0 Å². The third kappa shape index (κ3) is 3.34. The lowest BCUT2D eigenvalue weighted by Crippen LogP contribution is -1.97. The summed E-state index contributed by atoms with van der Waals surface area (Å²) in [5.74, 6) is 0.921. The molecule has 2 aromatic carbocycles. The molecule has 2 heteroatoms. The molecule has 0 aromatic heterocycles. The van der Waals surface area contributed by atoms with Gasteiger partial charge in [0.05, 0.1) is 0 Å². The van der Waals surface area contributed by atoms with Crippen LogP contribution in [0.5, 0.6) is 5.75 Å². The van der Waals surface area contributed by atoms with Crippen molar-refractivity contribution in [2.75, 3.05) is 0 Å². The number of ether oxygens (including phenoxy) is 1. The molecule has 0 unspecified atom stereocenters. The zero-order chi connectivity index (χ0) is 12.1. The van der Waals surface area contributed by atoms with E-state index in [1.165, 1.54) is 16.7 Å². The summed E-state index contributed by atoms with van der Waals surface area (Å²) in [4.78, 5) is 0. The van der Waals surface area contributed by atoms with Gasteiger partial charge in [-0.15, -0.1) is 0 Å². The van der Waals surface area contributed by atoms with Crippen molar-refractivity contribution >= 4 is 15.9 Å². The van der Waals surface area contributed by atoms with E-state index < -0.39 is 0 Å². The third-order valence-electron chi connectivity index (χ3n) is 2.71. The van der Waals surface area contributed by atoms with Crippen molar-refractivity contribution in [1.82, 2.24) is 0 Å². The average Bonchev–Trinajstić information content (AvgIpc) is 2.38. The summed E-state index contributed by atoms with van der Waals surface area (Å²) in [5.41, 5.74) is 3.73. The standard InChI is InChI=1S/C15H15BrO/c1-12-5-2-3-7-14(12)11-17-15-8-4-6-13(9-15)10-16/h2-9H,10-11H2,1H3. The van der Waals surface area contributed by atoms with Gasteiger partial charge < -0.3 is 4.74 Å². The van der Waals surface area contributed by atoms with Crippen LogP contribution < -0.4 is 4.74 Å². The first-order chi connectivity index (χ1) is 8.29. The zero-order valence-electron chi connectivity index (χ0n) is 9.82. The van der Waals surface area contributed by atoms with Gasteiger partial charge in [-0.3, -0.25) is 0 Å². The van der Waals surface area contributed by atoms with Crippen molar-refractivity contribution in [3.63, 3.8) is 0 Å². The molecule has 1 nitrogen and oxygen atoms in total. The fourth-order valence-corrected chi connectivity index (χ4v) is 2.00. The Hall–Kier alpha value is -1.28. The summed E-state index contributed by atoms with van der Waals surface area (Å²) in [7, 11) is 0. The summed E-state index contributed by atoms with van der Waals surface area (Å²) >= 11 is 3.44. The number of hydrogen-bond acceptors (Lipinski definition) is 1. The van der Waals surface area contributed by atoms with Crippen molar-refractivity contribution in [3.05, 3.63) is 65.2 Å². The second kappa shape index (κ2) is 5.87. The summed E-state index contributed by atoms with van der Waals surface area (Å²) in [6, 6.07) is 16.4. The Balaban J connectivity index is 2.05. The topological polar surface area (TPSA) is 9.23 Å². The summed E-state index contributed by atoms with van der Waals surface area (Å²) in [5, 5.41) is 0.856. The van der Waals surface area contributed by atoms with Crippen molar-refractivity contribution in [1.29, 1.82) is 0 Å². The van der Waals surface area contributed by atoms with E-state index in [0.29, 0.717) is 6.61 Å². The molecule has 88 valence electrons. The maximum atomic E-state index is 5.79. The minimum Gasteiger partial charge on any atom is -0.489 e. The quantitative estimate of drug-likeness (QED) is 0.755. The molecule has 0 aliphatic heterocycles. The molecule has 2 rings (SSSR count). The summed E-state index contributed by atoms with van der Waals surface area (Å²) in [6.45, 7) is 2.73. The minimum atomic E-state index is 0.623. The lowest BCUT2D eigenvalue weighted by molar-refractivity contribution is 0.305. The molecule has 0 fully saturated rings. The first kappa shape index (κ1) is 12.2. The average molecular weight is 291 g/mol. The van der Waals surface area contributed by atoms with Crippen LogP contribution in [-0.2, 0) is 11.9 Å². The monoisotopic (exact) mass is 290 g/mol. The molecule has 0 spiro atoms. The lowest BCUT2D eigenvalue weighted by Gasteiger charge is -2.09. The van der Waals surface area contributed by atoms with Crippen molar-refractivity contribution in [2.24, 2.45) is 0 Å². The van der Waals surface area contributed by atoms with Crippen LogP contribution in [0, 0.1) is 6.92 Å². The second-order valence-corrected chi connectivity index (χ2v) is 4.56. The number of halogens is 1. The fraction of sp³-hybridized carbons (Fsp3) is 0.200. The molecule has 2 aromatic rings. The molecule has 0 N–H and O–H groups in total. The predicted octanol–water partition coefficient (Wildman–Crippen LogP) is 4.47. The number of aryl methyl sites for hydroxylation is 1. The molecule has 0 radical (unpaired) electrons. The van der Waals surface area contributed by atoms with Crippen LogP contribution in [0.3, 0.4) is 0 Å². The van der Waals surface area contributed by atoms with Crippen molar-refractivity contribution in [2.45, 2.75) is 18.9 Å². The molecule has 0 aliphatic carbocycles. The highest BCUT2D eigenvalue weighted by atomic mass is 79.9. The Morgan fingerprint density at radius 3 is 2.65 bits per heavy atom. The first-order valence-electron chi connectivity index (χ1n) is 5.62. The van der Waals surface area contributed by atoms with Crippen LogP contribution in [0.15, 0.2) is 48.5 Å². The van der Waals surface area contributed by atoms with Gasteiger partial charge in [-0.05, 0) is 35.7 Å². The van der Waals surface area contributed by atoms with Crippen LogP contribution >= 0.6 is 15.9 Å². The van der Waals surface area contributed by atoms with Gasteiger partial charge in [0.2, 0.25) is 0 Å². The SMILES string of the molecule is Cc1ccccc1COc1cccc(CBr)c1. The first-order valence-corrected chi connectivity index (χ1v) is 6.74. The maximum absolute atomic E-state index is 5.79.